The zero-order valence-corrected chi connectivity index (χ0v) is 15.8. The standard InChI is InChI=1S/C19H19N3OS2/c1-13-12-14(2)21-19(20-13)25-17-7-5-15(6-8-17)22-18(23)10-9-16-4-3-11-24-16/h3-8,11-12H,9-10H2,1-2H3,(H,22,23). The first-order chi connectivity index (χ1) is 12.1. The van der Waals surface area contributed by atoms with E-state index in [4.69, 9.17) is 0 Å². The molecule has 1 N–H and O–H groups in total. The van der Waals surface area contributed by atoms with Crippen molar-refractivity contribution in [2.75, 3.05) is 5.32 Å². The molecule has 4 nitrogen and oxygen atoms in total. The number of hydrogen-bond acceptors (Lipinski definition) is 5. The summed E-state index contributed by atoms with van der Waals surface area (Å²) >= 11 is 3.20. The largest absolute Gasteiger partial charge is 0.326 e. The summed E-state index contributed by atoms with van der Waals surface area (Å²) in [5, 5.41) is 5.71. The first kappa shape index (κ1) is 17.6. The van der Waals surface area contributed by atoms with Crippen LogP contribution in [0.3, 0.4) is 0 Å². The Hall–Kier alpha value is -2.18. The molecule has 1 amide bonds. The Morgan fingerprint density at radius 1 is 1.12 bits per heavy atom. The predicted octanol–water partition coefficient (Wildman–Crippen LogP) is 4.88. The third-order valence-corrected chi connectivity index (χ3v) is 5.30. The number of thiophene rings is 1. The number of nitrogens with zero attached hydrogens (tertiary/aromatic N) is 2. The Bertz CT molecular complexity index is 825. The molecule has 25 heavy (non-hydrogen) atoms. The Morgan fingerprint density at radius 2 is 1.84 bits per heavy atom. The van der Waals surface area contributed by atoms with E-state index in [1.165, 1.54) is 16.6 Å². The fraction of sp³-hybridized carbons (Fsp3) is 0.211. The third-order valence-electron chi connectivity index (χ3n) is 3.49. The Balaban J connectivity index is 1.55. The van der Waals surface area contributed by atoms with E-state index in [2.05, 4.69) is 21.4 Å². The molecule has 2 aromatic heterocycles. The van der Waals surface area contributed by atoms with Crippen molar-refractivity contribution in [2.24, 2.45) is 0 Å². The smallest absolute Gasteiger partial charge is 0.224 e. The molecule has 3 rings (SSSR count). The van der Waals surface area contributed by atoms with Gasteiger partial charge < -0.3 is 5.32 Å². The number of aromatic nitrogens is 2. The molecule has 0 bridgehead atoms. The van der Waals surface area contributed by atoms with Crippen molar-refractivity contribution in [3.05, 3.63) is 64.1 Å². The molecule has 3 aromatic rings. The Labute approximate surface area is 155 Å². The van der Waals surface area contributed by atoms with E-state index in [-0.39, 0.29) is 5.91 Å². The minimum absolute atomic E-state index is 0.0337. The Kier molecular flexibility index (Phi) is 5.83. The number of anilines is 1. The maximum atomic E-state index is 12.0. The predicted molar refractivity (Wildman–Crippen MR) is 103 cm³/mol. The van der Waals surface area contributed by atoms with Crippen molar-refractivity contribution in [3.63, 3.8) is 0 Å². The van der Waals surface area contributed by atoms with Gasteiger partial charge in [-0.15, -0.1) is 11.3 Å². The van der Waals surface area contributed by atoms with Crippen LogP contribution in [0.4, 0.5) is 5.69 Å². The monoisotopic (exact) mass is 369 g/mol. The van der Waals surface area contributed by atoms with Gasteiger partial charge in [-0.3, -0.25) is 4.79 Å². The molecule has 0 unspecified atom stereocenters. The summed E-state index contributed by atoms with van der Waals surface area (Å²) in [7, 11) is 0. The second-order valence-corrected chi connectivity index (χ2v) is 7.76. The van der Waals surface area contributed by atoms with Crippen molar-refractivity contribution in [3.8, 4) is 0 Å². The quantitative estimate of drug-likeness (QED) is 0.629. The van der Waals surface area contributed by atoms with E-state index in [0.29, 0.717) is 6.42 Å². The first-order valence-corrected chi connectivity index (χ1v) is 9.70. The summed E-state index contributed by atoms with van der Waals surface area (Å²) in [6.45, 7) is 3.93. The van der Waals surface area contributed by atoms with Gasteiger partial charge in [-0.1, -0.05) is 6.07 Å². The molecule has 0 aliphatic rings. The van der Waals surface area contributed by atoms with E-state index in [9.17, 15) is 4.79 Å². The SMILES string of the molecule is Cc1cc(C)nc(Sc2ccc(NC(=O)CCc3cccs3)cc2)n1. The summed E-state index contributed by atoms with van der Waals surface area (Å²) in [6.07, 6.45) is 1.27. The summed E-state index contributed by atoms with van der Waals surface area (Å²) in [6, 6.07) is 13.8. The van der Waals surface area contributed by atoms with Crippen LogP contribution >= 0.6 is 23.1 Å². The first-order valence-electron chi connectivity index (χ1n) is 8.01. The number of rotatable bonds is 6. The maximum Gasteiger partial charge on any atom is 0.224 e. The lowest BCUT2D eigenvalue weighted by molar-refractivity contribution is -0.116. The van der Waals surface area contributed by atoms with Gasteiger partial charge in [0.05, 0.1) is 0 Å². The average Bonchev–Trinajstić information content (AvgIpc) is 3.07. The molecule has 1 aromatic carbocycles. The van der Waals surface area contributed by atoms with Gasteiger partial charge in [0.2, 0.25) is 5.91 Å². The van der Waals surface area contributed by atoms with Gasteiger partial charge in [0.25, 0.3) is 0 Å². The van der Waals surface area contributed by atoms with E-state index >= 15 is 0 Å². The highest BCUT2D eigenvalue weighted by Crippen LogP contribution is 2.26. The topological polar surface area (TPSA) is 54.9 Å². The van der Waals surface area contributed by atoms with Crippen LogP contribution in [0.15, 0.2) is 57.9 Å². The van der Waals surface area contributed by atoms with Gasteiger partial charge in [-0.25, -0.2) is 9.97 Å². The summed E-state index contributed by atoms with van der Waals surface area (Å²) in [5.41, 5.74) is 2.73. The summed E-state index contributed by atoms with van der Waals surface area (Å²) in [5.74, 6) is 0.0337. The number of aryl methyl sites for hydroxylation is 3. The van der Waals surface area contributed by atoms with Gasteiger partial charge in [0.15, 0.2) is 5.16 Å². The van der Waals surface area contributed by atoms with Crippen molar-refractivity contribution >= 4 is 34.7 Å². The molecule has 0 aliphatic carbocycles. The number of nitrogens with one attached hydrogen (secondary N) is 1. The second-order valence-electron chi connectivity index (χ2n) is 5.69. The molecule has 0 saturated carbocycles. The average molecular weight is 370 g/mol. The van der Waals surface area contributed by atoms with Crippen LogP contribution in [0.25, 0.3) is 0 Å². The summed E-state index contributed by atoms with van der Waals surface area (Å²) < 4.78 is 0. The fourth-order valence-corrected chi connectivity index (χ4v) is 3.94. The van der Waals surface area contributed by atoms with Gasteiger partial charge in [-0.05, 0) is 73.8 Å². The number of benzene rings is 1. The maximum absolute atomic E-state index is 12.0. The zero-order valence-electron chi connectivity index (χ0n) is 14.2. The van der Waals surface area contributed by atoms with Crippen LogP contribution in [-0.4, -0.2) is 15.9 Å². The molecule has 128 valence electrons. The van der Waals surface area contributed by atoms with Crippen LogP contribution in [0.5, 0.6) is 0 Å². The van der Waals surface area contributed by atoms with E-state index < -0.39 is 0 Å². The second kappa shape index (κ2) is 8.27. The number of carbonyl (C=O) groups excluding carboxylic acids is 1. The number of hydrogen-bond donors (Lipinski definition) is 1. The Morgan fingerprint density at radius 3 is 2.48 bits per heavy atom. The van der Waals surface area contributed by atoms with Crippen molar-refractivity contribution < 1.29 is 4.79 Å². The van der Waals surface area contributed by atoms with E-state index in [1.54, 1.807) is 11.3 Å². The number of amides is 1. The minimum Gasteiger partial charge on any atom is -0.326 e. The van der Waals surface area contributed by atoms with E-state index in [1.807, 2.05) is 55.6 Å². The van der Waals surface area contributed by atoms with Gasteiger partial charge >= 0.3 is 0 Å². The molecule has 0 saturated heterocycles. The molecule has 0 aliphatic heterocycles. The molecular formula is C19H19N3OS2. The van der Waals surface area contributed by atoms with Crippen molar-refractivity contribution in [1.82, 2.24) is 9.97 Å². The molecule has 6 heteroatoms. The van der Waals surface area contributed by atoms with Crippen LogP contribution in [-0.2, 0) is 11.2 Å². The normalized spacial score (nSPS) is 10.6. The lowest BCUT2D eigenvalue weighted by atomic mass is 10.2. The molecule has 2 heterocycles. The highest BCUT2D eigenvalue weighted by atomic mass is 32.2. The fourth-order valence-electron chi connectivity index (χ4n) is 2.37. The number of carbonyl (C=O) groups is 1. The van der Waals surface area contributed by atoms with Gasteiger partial charge in [0, 0.05) is 33.3 Å². The molecule has 0 spiro atoms. The van der Waals surface area contributed by atoms with Crippen LogP contribution in [0.2, 0.25) is 0 Å². The van der Waals surface area contributed by atoms with Crippen molar-refractivity contribution in [1.29, 1.82) is 0 Å². The molecule has 0 radical (unpaired) electrons. The zero-order chi connectivity index (χ0) is 17.6. The highest BCUT2D eigenvalue weighted by molar-refractivity contribution is 7.99. The third kappa shape index (κ3) is 5.41. The van der Waals surface area contributed by atoms with Crippen LogP contribution in [0.1, 0.15) is 22.7 Å². The van der Waals surface area contributed by atoms with Crippen LogP contribution < -0.4 is 5.32 Å². The molecule has 0 atom stereocenters. The van der Waals surface area contributed by atoms with Crippen LogP contribution in [0, 0.1) is 13.8 Å². The minimum atomic E-state index is 0.0337. The van der Waals surface area contributed by atoms with Crippen molar-refractivity contribution in [2.45, 2.75) is 36.7 Å². The summed E-state index contributed by atoms with van der Waals surface area (Å²) in [4.78, 5) is 23.2. The molecule has 0 fully saturated rings. The highest BCUT2D eigenvalue weighted by Gasteiger charge is 2.06. The van der Waals surface area contributed by atoms with Gasteiger partial charge in [-0.2, -0.15) is 0 Å². The van der Waals surface area contributed by atoms with Gasteiger partial charge in [0.1, 0.15) is 0 Å². The lowest BCUT2D eigenvalue weighted by Crippen LogP contribution is -2.11. The van der Waals surface area contributed by atoms with E-state index in [0.717, 1.165) is 33.5 Å². The molecular weight excluding hydrogens is 350 g/mol. The lowest BCUT2D eigenvalue weighted by Gasteiger charge is -2.06.